The number of nitrogens with zero attached hydrogens (tertiary/aromatic N) is 1. The van der Waals surface area contributed by atoms with Crippen molar-refractivity contribution >= 4 is 0 Å². The number of fused-ring (bicyclic) bond motifs is 1. The third kappa shape index (κ3) is 2.63. The Balaban J connectivity index is 1.82. The number of para-hydroxylation sites is 1. The van der Waals surface area contributed by atoms with Crippen LogP contribution < -0.4 is 9.47 Å². The number of hydrogen-bond donors (Lipinski definition) is 1. The number of rotatable bonds is 3. The first-order valence-corrected chi connectivity index (χ1v) is 7.53. The normalized spacial score (nSPS) is 26.5. The fraction of sp³-hybridized carbons (Fsp3) is 0.625. The molecule has 20 heavy (non-hydrogen) atoms. The van der Waals surface area contributed by atoms with E-state index in [0.29, 0.717) is 19.3 Å². The van der Waals surface area contributed by atoms with Crippen molar-refractivity contribution in [2.45, 2.75) is 44.8 Å². The number of benzene rings is 1. The van der Waals surface area contributed by atoms with Crippen molar-refractivity contribution in [3.8, 4) is 11.5 Å². The zero-order valence-corrected chi connectivity index (χ0v) is 12.0. The Morgan fingerprint density at radius 1 is 1.25 bits per heavy atom. The summed E-state index contributed by atoms with van der Waals surface area (Å²) in [7, 11) is 0. The molecular weight excluding hydrogens is 254 g/mol. The molecule has 1 saturated heterocycles. The van der Waals surface area contributed by atoms with Gasteiger partial charge in [0.2, 0.25) is 0 Å². The number of aliphatic hydroxyl groups excluding tert-OH is 1. The maximum atomic E-state index is 9.60. The van der Waals surface area contributed by atoms with Gasteiger partial charge in [0.25, 0.3) is 0 Å². The molecule has 0 bridgehead atoms. The van der Waals surface area contributed by atoms with Crippen LogP contribution in [0.25, 0.3) is 0 Å². The molecule has 1 N–H and O–H groups in total. The number of likely N-dealkylation sites (tertiary alicyclic amines) is 1. The van der Waals surface area contributed by atoms with E-state index in [-0.39, 0.29) is 12.6 Å². The Morgan fingerprint density at radius 2 is 2.10 bits per heavy atom. The highest BCUT2D eigenvalue weighted by Crippen LogP contribution is 2.36. The van der Waals surface area contributed by atoms with Crippen LogP contribution in [0.1, 0.15) is 31.7 Å². The third-order valence-electron chi connectivity index (χ3n) is 4.41. The summed E-state index contributed by atoms with van der Waals surface area (Å²) in [4.78, 5) is 2.40. The molecule has 4 nitrogen and oxygen atoms in total. The summed E-state index contributed by atoms with van der Waals surface area (Å²) in [6, 6.07) is 6.84. The first-order valence-electron chi connectivity index (χ1n) is 7.53. The molecule has 0 radical (unpaired) electrons. The predicted octanol–water partition coefficient (Wildman–Crippen LogP) is 2.19. The van der Waals surface area contributed by atoms with Gasteiger partial charge in [-0.1, -0.05) is 18.6 Å². The maximum Gasteiger partial charge on any atom is 0.165 e. The molecule has 2 atom stereocenters. The Bertz CT molecular complexity index is 463. The Hall–Kier alpha value is -1.26. The highest BCUT2D eigenvalue weighted by molar-refractivity contribution is 5.47. The molecule has 0 aromatic heterocycles. The molecule has 3 rings (SSSR count). The van der Waals surface area contributed by atoms with Crippen molar-refractivity contribution in [3.05, 3.63) is 23.8 Å². The van der Waals surface area contributed by atoms with Gasteiger partial charge in [0.05, 0.1) is 6.61 Å². The number of piperidine rings is 1. The number of aliphatic hydroxyl groups is 1. The largest absolute Gasteiger partial charge is 0.486 e. The topological polar surface area (TPSA) is 41.9 Å². The van der Waals surface area contributed by atoms with E-state index in [0.717, 1.165) is 30.0 Å². The van der Waals surface area contributed by atoms with Crippen LogP contribution in [0.15, 0.2) is 18.2 Å². The molecule has 0 spiro atoms. The van der Waals surface area contributed by atoms with Crippen LogP contribution >= 0.6 is 0 Å². The van der Waals surface area contributed by atoms with Gasteiger partial charge in [-0.2, -0.15) is 0 Å². The van der Waals surface area contributed by atoms with Gasteiger partial charge >= 0.3 is 0 Å². The Labute approximate surface area is 120 Å². The maximum absolute atomic E-state index is 9.60. The quantitative estimate of drug-likeness (QED) is 0.919. The van der Waals surface area contributed by atoms with Gasteiger partial charge in [-0.3, -0.25) is 4.90 Å². The summed E-state index contributed by atoms with van der Waals surface area (Å²) in [5, 5.41) is 9.60. The molecule has 0 aliphatic carbocycles. The minimum absolute atomic E-state index is 0.233. The number of ether oxygens (including phenoxy) is 2. The molecule has 2 aliphatic rings. The molecule has 1 aromatic rings. The molecule has 0 saturated carbocycles. The van der Waals surface area contributed by atoms with Crippen LogP contribution in [0.5, 0.6) is 11.5 Å². The van der Waals surface area contributed by atoms with Crippen molar-refractivity contribution in [1.29, 1.82) is 0 Å². The predicted molar refractivity (Wildman–Crippen MR) is 77.2 cm³/mol. The Morgan fingerprint density at radius 3 is 2.95 bits per heavy atom. The summed E-state index contributed by atoms with van der Waals surface area (Å²) in [5.74, 6) is 1.73. The van der Waals surface area contributed by atoms with E-state index in [1.807, 2.05) is 12.1 Å². The molecule has 2 heterocycles. The van der Waals surface area contributed by atoms with Crippen molar-refractivity contribution in [1.82, 2.24) is 4.90 Å². The number of hydrogen-bond acceptors (Lipinski definition) is 4. The lowest BCUT2D eigenvalue weighted by Gasteiger charge is -2.40. The van der Waals surface area contributed by atoms with Crippen molar-refractivity contribution in [2.75, 3.05) is 19.8 Å². The zero-order chi connectivity index (χ0) is 13.9. The van der Waals surface area contributed by atoms with Crippen LogP contribution in [0.3, 0.4) is 0 Å². The minimum Gasteiger partial charge on any atom is -0.486 e. The van der Waals surface area contributed by atoms with Crippen molar-refractivity contribution in [2.24, 2.45) is 0 Å². The average Bonchev–Trinajstić information content (AvgIpc) is 2.49. The molecule has 1 aromatic carbocycles. The lowest BCUT2D eigenvalue weighted by Crippen LogP contribution is -2.46. The fourth-order valence-electron chi connectivity index (χ4n) is 3.28. The summed E-state index contributed by atoms with van der Waals surface area (Å²) in [5.41, 5.74) is 1.16. The minimum atomic E-state index is 0.233. The lowest BCUT2D eigenvalue weighted by molar-refractivity contribution is 0.0438. The van der Waals surface area contributed by atoms with E-state index in [1.165, 1.54) is 12.8 Å². The Kier molecular flexibility index (Phi) is 4.13. The third-order valence-corrected chi connectivity index (χ3v) is 4.41. The molecule has 2 unspecified atom stereocenters. The second-order valence-electron chi connectivity index (χ2n) is 5.73. The molecule has 110 valence electrons. The smallest absolute Gasteiger partial charge is 0.165 e. The van der Waals surface area contributed by atoms with Gasteiger partial charge in [0.1, 0.15) is 13.2 Å². The van der Waals surface area contributed by atoms with Crippen LogP contribution in [-0.2, 0) is 6.54 Å². The summed E-state index contributed by atoms with van der Waals surface area (Å²) >= 11 is 0. The molecule has 1 fully saturated rings. The van der Waals surface area contributed by atoms with E-state index < -0.39 is 0 Å². The van der Waals surface area contributed by atoms with Crippen molar-refractivity contribution < 1.29 is 14.6 Å². The van der Waals surface area contributed by atoms with E-state index in [2.05, 4.69) is 17.9 Å². The van der Waals surface area contributed by atoms with Gasteiger partial charge in [0, 0.05) is 24.2 Å². The average molecular weight is 277 g/mol. The standard InChI is InChI=1S/C16H23NO3/c1-12-4-2-6-14(11-18)17(12)10-13-5-3-7-15-16(13)20-9-8-19-15/h3,5,7,12,14,18H,2,4,6,8-11H2,1H3. The van der Waals surface area contributed by atoms with Gasteiger partial charge in [0.15, 0.2) is 11.5 Å². The second kappa shape index (κ2) is 6.02. The molecule has 2 aliphatic heterocycles. The van der Waals surface area contributed by atoms with Gasteiger partial charge in [-0.05, 0) is 25.8 Å². The first kappa shape index (κ1) is 13.7. The van der Waals surface area contributed by atoms with E-state index in [4.69, 9.17) is 9.47 Å². The monoisotopic (exact) mass is 277 g/mol. The van der Waals surface area contributed by atoms with Gasteiger partial charge < -0.3 is 14.6 Å². The van der Waals surface area contributed by atoms with E-state index in [1.54, 1.807) is 0 Å². The lowest BCUT2D eigenvalue weighted by atomic mass is 9.96. The van der Waals surface area contributed by atoms with Crippen LogP contribution in [0.2, 0.25) is 0 Å². The summed E-state index contributed by atoms with van der Waals surface area (Å²) in [6.07, 6.45) is 3.48. The molecule has 0 amide bonds. The van der Waals surface area contributed by atoms with Gasteiger partial charge in [-0.15, -0.1) is 0 Å². The summed E-state index contributed by atoms with van der Waals surface area (Å²) < 4.78 is 11.4. The highest BCUT2D eigenvalue weighted by Gasteiger charge is 2.28. The zero-order valence-electron chi connectivity index (χ0n) is 12.0. The van der Waals surface area contributed by atoms with Crippen LogP contribution in [-0.4, -0.2) is 41.9 Å². The highest BCUT2D eigenvalue weighted by atomic mass is 16.6. The molecule has 4 heteroatoms. The van der Waals surface area contributed by atoms with Crippen LogP contribution in [0.4, 0.5) is 0 Å². The van der Waals surface area contributed by atoms with Crippen molar-refractivity contribution in [3.63, 3.8) is 0 Å². The van der Waals surface area contributed by atoms with E-state index in [9.17, 15) is 5.11 Å². The fourth-order valence-corrected chi connectivity index (χ4v) is 3.28. The summed E-state index contributed by atoms with van der Waals surface area (Å²) in [6.45, 7) is 4.53. The SMILES string of the molecule is CC1CCCC(CO)N1Cc1cccc2c1OCCO2. The van der Waals surface area contributed by atoms with Crippen LogP contribution in [0, 0.1) is 0 Å². The van der Waals surface area contributed by atoms with Gasteiger partial charge in [-0.25, -0.2) is 0 Å². The first-order chi connectivity index (χ1) is 9.79. The van der Waals surface area contributed by atoms with E-state index >= 15 is 0 Å². The second-order valence-corrected chi connectivity index (χ2v) is 5.73. The molecular formula is C16H23NO3.